The minimum atomic E-state index is -0.608. The normalized spacial score (nSPS) is 10.9. The summed E-state index contributed by atoms with van der Waals surface area (Å²) in [5, 5.41) is 2.46. The zero-order chi connectivity index (χ0) is 11.4. The van der Waals surface area contributed by atoms with Crippen molar-refractivity contribution in [2.75, 3.05) is 27.2 Å². The van der Waals surface area contributed by atoms with Gasteiger partial charge < -0.3 is 16.0 Å². The molecule has 0 aliphatic carbocycles. The molecule has 2 amide bonds. The first kappa shape index (κ1) is 12.9. The molecule has 0 saturated carbocycles. The first-order valence-electron chi connectivity index (χ1n) is 4.51. The fraction of sp³-hybridized carbons (Fsp3) is 0.778. The molecule has 0 bridgehead atoms. The summed E-state index contributed by atoms with van der Waals surface area (Å²) in [4.78, 5) is 24.1. The van der Waals surface area contributed by atoms with E-state index < -0.39 is 5.41 Å². The van der Waals surface area contributed by atoms with Gasteiger partial charge in [-0.15, -0.1) is 0 Å². The molecule has 0 spiro atoms. The first-order chi connectivity index (χ1) is 6.35. The number of nitrogens with one attached hydrogen (secondary N) is 1. The van der Waals surface area contributed by atoms with Crippen LogP contribution in [0.5, 0.6) is 0 Å². The Labute approximate surface area is 84.6 Å². The van der Waals surface area contributed by atoms with Crippen LogP contribution in [0.25, 0.3) is 0 Å². The summed E-state index contributed by atoms with van der Waals surface area (Å²) < 4.78 is 0. The number of carbonyl (C=O) groups excluding carboxylic acids is 2. The fourth-order valence-electron chi connectivity index (χ4n) is 0.970. The molecule has 0 aromatic heterocycles. The molecule has 0 fully saturated rings. The van der Waals surface area contributed by atoms with Crippen molar-refractivity contribution in [1.29, 1.82) is 0 Å². The molecule has 0 unspecified atom stereocenters. The lowest BCUT2D eigenvalue weighted by atomic mass is 9.92. The molecular formula is C9H19N3O2. The minimum absolute atomic E-state index is 0.0682. The molecule has 14 heavy (non-hydrogen) atoms. The molecule has 0 aromatic carbocycles. The van der Waals surface area contributed by atoms with Crippen LogP contribution in [-0.4, -0.2) is 43.9 Å². The van der Waals surface area contributed by atoms with Crippen molar-refractivity contribution in [3.63, 3.8) is 0 Å². The van der Waals surface area contributed by atoms with E-state index in [0.29, 0.717) is 0 Å². The smallest absolute Gasteiger partial charge is 0.239 e. The monoisotopic (exact) mass is 201 g/mol. The number of carbonyl (C=O) groups is 2. The van der Waals surface area contributed by atoms with Crippen LogP contribution in [0.2, 0.25) is 0 Å². The Morgan fingerprint density at radius 1 is 1.43 bits per heavy atom. The molecule has 5 nitrogen and oxygen atoms in total. The molecule has 3 N–H and O–H groups in total. The molecule has 0 rings (SSSR count). The van der Waals surface area contributed by atoms with E-state index in [0.717, 1.165) is 0 Å². The van der Waals surface area contributed by atoms with Crippen molar-refractivity contribution < 1.29 is 9.59 Å². The highest BCUT2D eigenvalue weighted by Crippen LogP contribution is 2.15. The van der Waals surface area contributed by atoms with Crippen LogP contribution in [-0.2, 0) is 9.59 Å². The van der Waals surface area contributed by atoms with Crippen LogP contribution in [0.3, 0.4) is 0 Å². The summed E-state index contributed by atoms with van der Waals surface area (Å²) in [6.45, 7) is 3.86. The Balaban J connectivity index is 4.33. The lowest BCUT2D eigenvalue weighted by Gasteiger charge is -2.27. The van der Waals surface area contributed by atoms with Crippen molar-refractivity contribution in [3.05, 3.63) is 0 Å². The van der Waals surface area contributed by atoms with Gasteiger partial charge in [-0.2, -0.15) is 0 Å². The average Bonchev–Trinajstić information content (AvgIpc) is 2.16. The van der Waals surface area contributed by atoms with Crippen LogP contribution < -0.4 is 11.1 Å². The summed E-state index contributed by atoms with van der Waals surface area (Å²) in [6.07, 6.45) is 0. The van der Waals surface area contributed by atoms with Gasteiger partial charge >= 0.3 is 0 Å². The number of rotatable bonds is 4. The molecule has 82 valence electrons. The fourth-order valence-corrected chi connectivity index (χ4v) is 0.970. The van der Waals surface area contributed by atoms with Crippen molar-refractivity contribution in [2.45, 2.75) is 13.8 Å². The third-order valence-corrected chi connectivity index (χ3v) is 2.10. The Kier molecular flexibility index (Phi) is 4.56. The minimum Gasteiger partial charge on any atom is -0.358 e. The highest BCUT2D eigenvalue weighted by molar-refractivity contribution is 5.87. The van der Waals surface area contributed by atoms with Crippen LogP contribution in [0.15, 0.2) is 0 Å². The molecular weight excluding hydrogens is 182 g/mol. The predicted molar refractivity (Wildman–Crippen MR) is 54.5 cm³/mol. The third-order valence-electron chi connectivity index (χ3n) is 2.10. The number of hydrogen-bond donors (Lipinski definition) is 2. The van der Waals surface area contributed by atoms with Crippen molar-refractivity contribution >= 4 is 11.8 Å². The Morgan fingerprint density at radius 2 is 1.93 bits per heavy atom. The molecule has 0 aromatic rings. The van der Waals surface area contributed by atoms with Gasteiger partial charge in [0, 0.05) is 20.6 Å². The number of hydrogen-bond acceptors (Lipinski definition) is 3. The zero-order valence-electron chi connectivity index (χ0n) is 9.26. The molecule has 0 aliphatic rings. The highest BCUT2D eigenvalue weighted by Gasteiger charge is 2.29. The maximum absolute atomic E-state index is 11.7. The van der Waals surface area contributed by atoms with Gasteiger partial charge in [-0.3, -0.25) is 9.59 Å². The molecule has 0 radical (unpaired) electrons. The summed E-state index contributed by atoms with van der Waals surface area (Å²) in [5.74, 6) is -0.308. The second-order valence-corrected chi connectivity index (χ2v) is 3.92. The molecule has 0 heterocycles. The van der Waals surface area contributed by atoms with Gasteiger partial charge in [-0.1, -0.05) is 0 Å². The molecule has 5 heteroatoms. The standard InChI is InChI=1S/C9H19N3O2/c1-9(2,6-10)8(14)12(4)5-7(13)11-3/h5-6,10H2,1-4H3,(H,11,13). The molecule has 0 saturated heterocycles. The van der Waals surface area contributed by atoms with Crippen LogP contribution in [0, 0.1) is 5.41 Å². The molecule has 0 aliphatic heterocycles. The van der Waals surface area contributed by atoms with E-state index in [-0.39, 0.29) is 24.9 Å². The summed E-state index contributed by atoms with van der Waals surface area (Å²) >= 11 is 0. The topological polar surface area (TPSA) is 75.4 Å². The van der Waals surface area contributed by atoms with Gasteiger partial charge in [0.25, 0.3) is 0 Å². The summed E-state index contributed by atoms with van der Waals surface area (Å²) in [5.41, 5.74) is 4.85. The van der Waals surface area contributed by atoms with E-state index in [2.05, 4.69) is 5.32 Å². The second-order valence-electron chi connectivity index (χ2n) is 3.92. The second kappa shape index (κ2) is 4.95. The number of nitrogens with two attached hydrogens (primary N) is 1. The lowest BCUT2D eigenvalue weighted by Crippen LogP contribution is -2.46. The number of nitrogens with zero attached hydrogens (tertiary/aromatic N) is 1. The largest absolute Gasteiger partial charge is 0.358 e. The molecule has 0 atom stereocenters. The lowest BCUT2D eigenvalue weighted by molar-refractivity contribution is -0.141. The van der Waals surface area contributed by atoms with Gasteiger partial charge in [-0.25, -0.2) is 0 Å². The summed E-state index contributed by atoms with van der Waals surface area (Å²) in [7, 11) is 3.13. The van der Waals surface area contributed by atoms with E-state index in [4.69, 9.17) is 5.73 Å². The Hall–Kier alpha value is -1.10. The van der Waals surface area contributed by atoms with Crippen LogP contribution in [0.1, 0.15) is 13.8 Å². The van der Waals surface area contributed by atoms with Gasteiger partial charge in [0.05, 0.1) is 12.0 Å². The summed E-state index contributed by atoms with van der Waals surface area (Å²) in [6, 6.07) is 0. The van der Waals surface area contributed by atoms with E-state index >= 15 is 0 Å². The SMILES string of the molecule is CNC(=O)CN(C)C(=O)C(C)(C)CN. The van der Waals surface area contributed by atoms with E-state index in [1.165, 1.54) is 11.9 Å². The third kappa shape index (κ3) is 3.33. The van der Waals surface area contributed by atoms with Crippen molar-refractivity contribution in [3.8, 4) is 0 Å². The van der Waals surface area contributed by atoms with E-state index in [9.17, 15) is 9.59 Å². The zero-order valence-corrected chi connectivity index (χ0v) is 9.26. The highest BCUT2D eigenvalue weighted by atomic mass is 16.2. The van der Waals surface area contributed by atoms with E-state index in [1.54, 1.807) is 20.9 Å². The van der Waals surface area contributed by atoms with Crippen LogP contribution in [0.4, 0.5) is 0 Å². The van der Waals surface area contributed by atoms with Gasteiger partial charge in [-0.05, 0) is 13.8 Å². The Morgan fingerprint density at radius 3 is 2.29 bits per heavy atom. The van der Waals surface area contributed by atoms with Crippen molar-refractivity contribution in [2.24, 2.45) is 11.1 Å². The van der Waals surface area contributed by atoms with E-state index in [1.807, 2.05) is 0 Å². The van der Waals surface area contributed by atoms with Crippen LogP contribution >= 0.6 is 0 Å². The van der Waals surface area contributed by atoms with Gasteiger partial charge in [0.2, 0.25) is 11.8 Å². The number of likely N-dealkylation sites (N-methyl/N-ethyl adjacent to an activating group) is 2. The first-order valence-corrected chi connectivity index (χ1v) is 4.51. The van der Waals surface area contributed by atoms with Gasteiger partial charge in [0.15, 0.2) is 0 Å². The number of amides is 2. The Bertz CT molecular complexity index is 226. The van der Waals surface area contributed by atoms with Crippen molar-refractivity contribution in [1.82, 2.24) is 10.2 Å². The van der Waals surface area contributed by atoms with Gasteiger partial charge in [0.1, 0.15) is 0 Å². The average molecular weight is 201 g/mol. The predicted octanol–water partition coefficient (Wildman–Crippen LogP) is -0.824. The maximum Gasteiger partial charge on any atom is 0.239 e. The quantitative estimate of drug-likeness (QED) is 0.623. The maximum atomic E-state index is 11.7.